The molecule has 0 atom stereocenters. The Kier molecular flexibility index (Phi) is 4.59. The van der Waals surface area contributed by atoms with Crippen LogP contribution in [0.1, 0.15) is 11.1 Å². The third-order valence-corrected chi connectivity index (χ3v) is 9.17. The SMILES string of the molecule is Cc1cccc(C)c1N=C1C([Si](C)(C)C)=C2COCC2=C1[Si](C)(C)C. The highest BCUT2D eigenvalue weighted by molar-refractivity contribution is 6.95. The lowest BCUT2D eigenvalue weighted by Gasteiger charge is -2.27. The summed E-state index contributed by atoms with van der Waals surface area (Å²) < 4.78 is 5.88. The summed E-state index contributed by atoms with van der Waals surface area (Å²) in [5.74, 6) is 0. The predicted molar refractivity (Wildman–Crippen MR) is 115 cm³/mol. The highest BCUT2D eigenvalue weighted by atomic mass is 28.3. The van der Waals surface area contributed by atoms with Crippen molar-refractivity contribution in [1.82, 2.24) is 0 Å². The number of hydrogen-bond acceptors (Lipinski definition) is 2. The van der Waals surface area contributed by atoms with Gasteiger partial charge in [-0.05, 0) is 46.5 Å². The summed E-state index contributed by atoms with van der Waals surface area (Å²) in [6.07, 6.45) is 0. The molecular formula is C21H31NOSi2. The van der Waals surface area contributed by atoms with Crippen molar-refractivity contribution in [3.8, 4) is 0 Å². The van der Waals surface area contributed by atoms with Crippen LogP contribution in [0.25, 0.3) is 0 Å². The lowest BCUT2D eigenvalue weighted by molar-refractivity contribution is 0.214. The van der Waals surface area contributed by atoms with E-state index in [0.717, 1.165) is 18.9 Å². The van der Waals surface area contributed by atoms with Crippen molar-refractivity contribution < 1.29 is 4.74 Å². The molecule has 0 aromatic heterocycles. The Labute approximate surface area is 154 Å². The van der Waals surface area contributed by atoms with E-state index >= 15 is 0 Å². The Morgan fingerprint density at radius 2 is 1.24 bits per heavy atom. The van der Waals surface area contributed by atoms with Gasteiger partial charge in [0.15, 0.2) is 0 Å². The van der Waals surface area contributed by atoms with Gasteiger partial charge in [0, 0.05) is 0 Å². The van der Waals surface area contributed by atoms with Crippen molar-refractivity contribution in [2.45, 2.75) is 53.1 Å². The first kappa shape index (κ1) is 18.6. The Morgan fingerprint density at radius 1 is 0.800 bits per heavy atom. The summed E-state index contributed by atoms with van der Waals surface area (Å²) in [5.41, 5.74) is 7.94. The van der Waals surface area contributed by atoms with Gasteiger partial charge in [0.1, 0.15) is 0 Å². The first-order valence-electron chi connectivity index (χ1n) is 9.23. The van der Waals surface area contributed by atoms with Crippen molar-refractivity contribution in [2.75, 3.05) is 13.2 Å². The second kappa shape index (κ2) is 6.18. The van der Waals surface area contributed by atoms with Crippen LogP contribution in [-0.4, -0.2) is 35.1 Å². The molecule has 0 saturated carbocycles. The van der Waals surface area contributed by atoms with Crippen molar-refractivity contribution in [3.63, 3.8) is 0 Å². The lowest BCUT2D eigenvalue weighted by atomic mass is 10.1. The Hall–Kier alpha value is -1.24. The number of aliphatic imine (C=N–C) groups is 1. The molecule has 0 radical (unpaired) electrons. The van der Waals surface area contributed by atoms with E-state index in [4.69, 9.17) is 9.73 Å². The molecule has 0 unspecified atom stereocenters. The molecule has 1 aromatic carbocycles. The van der Waals surface area contributed by atoms with Crippen LogP contribution < -0.4 is 0 Å². The molecule has 1 aromatic rings. The minimum absolute atomic E-state index is 0.773. The average Bonchev–Trinajstić information content (AvgIpc) is 2.99. The fraction of sp³-hybridized carbons (Fsp3) is 0.476. The van der Waals surface area contributed by atoms with Crippen molar-refractivity contribution in [1.29, 1.82) is 0 Å². The minimum atomic E-state index is -1.53. The van der Waals surface area contributed by atoms with E-state index < -0.39 is 16.1 Å². The van der Waals surface area contributed by atoms with Crippen LogP contribution in [0.5, 0.6) is 0 Å². The molecule has 0 N–H and O–H groups in total. The van der Waals surface area contributed by atoms with E-state index in [-0.39, 0.29) is 0 Å². The first-order chi connectivity index (χ1) is 11.5. The standard InChI is InChI=1S/C21H31NOSi2/c1-14-10-9-11-15(2)18(14)22-19-20(24(3,4)5)16-12-23-13-17(16)21(19)25(6,7)8/h9-11H,12-13H2,1-8H3. The fourth-order valence-corrected chi connectivity index (χ4v) is 8.27. The highest BCUT2D eigenvalue weighted by Crippen LogP contribution is 2.43. The second-order valence-corrected chi connectivity index (χ2v) is 19.4. The van der Waals surface area contributed by atoms with E-state index in [1.807, 2.05) is 0 Å². The second-order valence-electron chi connectivity index (χ2n) is 9.40. The maximum absolute atomic E-state index is 5.88. The predicted octanol–water partition coefficient (Wildman–Crippen LogP) is 5.77. The molecule has 0 amide bonds. The summed E-state index contributed by atoms with van der Waals surface area (Å²) in [5, 5.41) is 3.08. The molecule has 3 rings (SSSR count). The van der Waals surface area contributed by atoms with Crippen LogP contribution in [0.15, 0.2) is 44.7 Å². The van der Waals surface area contributed by atoms with E-state index in [9.17, 15) is 0 Å². The molecule has 0 bridgehead atoms. The zero-order valence-corrected chi connectivity index (χ0v) is 19.0. The molecule has 2 nitrogen and oxygen atoms in total. The molecule has 1 fully saturated rings. The summed E-state index contributed by atoms with van der Waals surface area (Å²) in [7, 11) is -3.07. The van der Waals surface area contributed by atoms with Crippen LogP contribution >= 0.6 is 0 Å². The molecule has 4 heteroatoms. The number of nitrogens with zero attached hydrogens (tertiary/aromatic N) is 1. The normalized spacial score (nSPS) is 18.3. The number of allylic oxidation sites excluding steroid dienone is 2. The van der Waals surface area contributed by atoms with Crippen LogP contribution in [-0.2, 0) is 4.74 Å². The van der Waals surface area contributed by atoms with Gasteiger partial charge in [-0.1, -0.05) is 57.5 Å². The van der Waals surface area contributed by atoms with Gasteiger partial charge < -0.3 is 4.74 Å². The van der Waals surface area contributed by atoms with Crippen LogP contribution in [0.2, 0.25) is 39.3 Å². The lowest BCUT2D eigenvalue weighted by Crippen LogP contribution is -2.35. The maximum Gasteiger partial charge on any atom is 0.0809 e. The zero-order chi connectivity index (χ0) is 18.6. The summed E-state index contributed by atoms with van der Waals surface area (Å²) in [6, 6.07) is 6.48. The van der Waals surface area contributed by atoms with E-state index in [2.05, 4.69) is 71.3 Å². The molecule has 25 heavy (non-hydrogen) atoms. The molecule has 1 heterocycles. The highest BCUT2D eigenvalue weighted by Gasteiger charge is 2.43. The molecular weight excluding hydrogens is 338 g/mol. The monoisotopic (exact) mass is 369 g/mol. The van der Waals surface area contributed by atoms with Gasteiger partial charge in [-0.25, -0.2) is 4.99 Å². The Bertz CT molecular complexity index is 757. The van der Waals surface area contributed by atoms with Crippen LogP contribution in [0.3, 0.4) is 0 Å². The molecule has 1 aliphatic heterocycles. The number of aryl methyl sites for hydroxylation is 2. The maximum atomic E-state index is 5.88. The van der Waals surface area contributed by atoms with E-state index in [0.29, 0.717) is 0 Å². The van der Waals surface area contributed by atoms with Gasteiger partial charge in [0.2, 0.25) is 0 Å². The molecule has 0 spiro atoms. The third-order valence-electron chi connectivity index (χ3n) is 5.10. The van der Waals surface area contributed by atoms with Crippen LogP contribution in [0, 0.1) is 13.8 Å². The largest absolute Gasteiger partial charge is 0.372 e. The number of ether oxygens (including phenoxy) is 1. The zero-order valence-electron chi connectivity index (χ0n) is 17.0. The van der Waals surface area contributed by atoms with Crippen molar-refractivity contribution >= 4 is 27.5 Å². The van der Waals surface area contributed by atoms with E-state index in [1.54, 1.807) is 10.4 Å². The van der Waals surface area contributed by atoms with Gasteiger partial charge in [-0.2, -0.15) is 0 Å². The number of benzene rings is 1. The van der Waals surface area contributed by atoms with Crippen molar-refractivity contribution in [2.24, 2.45) is 4.99 Å². The van der Waals surface area contributed by atoms with Gasteiger partial charge in [-0.3, -0.25) is 0 Å². The molecule has 1 saturated heterocycles. The number of rotatable bonds is 3. The molecule has 1 aliphatic carbocycles. The van der Waals surface area contributed by atoms with E-state index in [1.165, 1.54) is 28.0 Å². The first-order valence-corrected chi connectivity index (χ1v) is 16.2. The minimum Gasteiger partial charge on any atom is -0.372 e. The third kappa shape index (κ3) is 3.27. The quantitative estimate of drug-likeness (QED) is 0.620. The van der Waals surface area contributed by atoms with Gasteiger partial charge >= 0.3 is 0 Å². The summed E-state index contributed by atoms with van der Waals surface area (Å²) in [6.45, 7) is 20.6. The average molecular weight is 370 g/mol. The Morgan fingerprint density at radius 3 is 1.64 bits per heavy atom. The van der Waals surface area contributed by atoms with Gasteiger partial charge in [0.25, 0.3) is 0 Å². The smallest absolute Gasteiger partial charge is 0.0809 e. The molecule has 134 valence electrons. The number of hydrogen-bond donors (Lipinski definition) is 0. The number of fused-ring (bicyclic) bond motifs is 1. The Balaban J connectivity index is 2.31. The summed E-state index contributed by atoms with van der Waals surface area (Å²) in [4.78, 5) is 5.35. The fourth-order valence-electron chi connectivity index (χ4n) is 4.11. The topological polar surface area (TPSA) is 21.6 Å². The summed E-state index contributed by atoms with van der Waals surface area (Å²) >= 11 is 0. The van der Waals surface area contributed by atoms with Gasteiger partial charge in [-0.15, -0.1) is 0 Å². The molecule has 2 aliphatic rings. The van der Waals surface area contributed by atoms with Crippen molar-refractivity contribution in [3.05, 3.63) is 50.9 Å². The number of para-hydroxylation sites is 1. The van der Waals surface area contributed by atoms with Crippen LogP contribution in [0.4, 0.5) is 5.69 Å². The van der Waals surface area contributed by atoms with Gasteiger partial charge in [0.05, 0.1) is 40.8 Å².